The van der Waals surface area contributed by atoms with E-state index in [0.29, 0.717) is 0 Å². The zero-order valence-electron chi connectivity index (χ0n) is 8.94. The highest BCUT2D eigenvalue weighted by Gasteiger charge is 2.30. The topological polar surface area (TPSA) is 49.6 Å². The summed E-state index contributed by atoms with van der Waals surface area (Å²) < 4.78 is 37.6. The summed E-state index contributed by atoms with van der Waals surface area (Å²) in [6, 6.07) is 6.56. The maximum absolute atomic E-state index is 12.5. The van der Waals surface area contributed by atoms with Crippen molar-refractivity contribution in [1.82, 2.24) is 9.97 Å². The first kappa shape index (κ1) is 12.0. The predicted octanol–water partition coefficient (Wildman–Crippen LogP) is 3.03. The van der Waals surface area contributed by atoms with Gasteiger partial charge in [0, 0.05) is 18.0 Å². The van der Waals surface area contributed by atoms with Gasteiger partial charge in [-0.3, -0.25) is 0 Å². The maximum Gasteiger partial charge on any atom is 0.416 e. The lowest BCUT2D eigenvalue weighted by molar-refractivity contribution is -0.137. The molecule has 0 bridgehead atoms. The van der Waals surface area contributed by atoms with E-state index in [-0.39, 0.29) is 17.0 Å². The van der Waals surface area contributed by atoms with Crippen LogP contribution in [0.3, 0.4) is 0 Å². The standard InChI is InChI=1S/C12H6F3N3/c13-12(14,15)10-3-1-2-9(4-10)11-17-6-8(5-16)7-18-11/h1-4,6-7H. The van der Waals surface area contributed by atoms with Gasteiger partial charge in [0.2, 0.25) is 0 Å². The Kier molecular flexibility index (Phi) is 2.98. The predicted molar refractivity (Wildman–Crippen MR) is 57.2 cm³/mol. The lowest BCUT2D eigenvalue weighted by atomic mass is 10.1. The molecule has 1 aromatic heterocycles. The minimum absolute atomic E-state index is 0.153. The SMILES string of the molecule is N#Cc1cnc(-c2cccc(C(F)(F)F)c2)nc1. The van der Waals surface area contributed by atoms with E-state index in [1.165, 1.54) is 24.5 Å². The highest BCUT2D eigenvalue weighted by molar-refractivity contribution is 5.56. The molecule has 0 fully saturated rings. The van der Waals surface area contributed by atoms with Crippen LogP contribution in [0.1, 0.15) is 11.1 Å². The Labute approximate surface area is 101 Å². The Bertz CT molecular complexity index is 597. The molecule has 0 aliphatic carbocycles. The van der Waals surface area contributed by atoms with E-state index in [2.05, 4.69) is 9.97 Å². The molecule has 0 atom stereocenters. The number of nitriles is 1. The van der Waals surface area contributed by atoms with E-state index in [9.17, 15) is 13.2 Å². The van der Waals surface area contributed by atoms with Crippen LogP contribution in [0, 0.1) is 11.3 Å². The lowest BCUT2D eigenvalue weighted by Gasteiger charge is -2.07. The van der Waals surface area contributed by atoms with Gasteiger partial charge in [-0.15, -0.1) is 0 Å². The molecule has 2 rings (SSSR count). The molecule has 0 spiro atoms. The fourth-order valence-corrected chi connectivity index (χ4v) is 1.37. The van der Waals surface area contributed by atoms with Crippen molar-refractivity contribution in [3.63, 3.8) is 0 Å². The molecule has 0 aliphatic heterocycles. The van der Waals surface area contributed by atoms with Gasteiger partial charge in [0.15, 0.2) is 5.82 Å². The molecule has 0 unspecified atom stereocenters. The Morgan fingerprint density at radius 3 is 2.33 bits per heavy atom. The van der Waals surface area contributed by atoms with E-state index < -0.39 is 11.7 Å². The molecule has 3 nitrogen and oxygen atoms in total. The minimum Gasteiger partial charge on any atom is -0.235 e. The number of alkyl halides is 3. The first-order chi connectivity index (χ1) is 8.50. The summed E-state index contributed by atoms with van der Waals surface area (Å²) in [6.45, 7) is 0. The molecule has 0 N–H and O–H groups in total. The fraction of sp³-hybridized carbons (Fsp3) is 0.0833. The third-order valence-corrected chi connectivity index (χ3v) is 2.23. The minimum atomic E-state index is -4.40. The smallest absolute Gasteiger partial charge is 0.235 e. The quantitative estimate of drug-likeness (QED) is 0.780. The van der Waals surface area contributed by atoms with Crippen LogP contribution in [0.25, 0.3) is 11.4 Å². The summed E-state index contributed by atoms with van der Waals surface area (Å²) in [5, 5.41) is 8.57. The van der Waals surface area contributed by atoms with Crippen molar-refractivity contribution in [2.45, 2.75) is 6.18 Å². The fourth-order valence-electron chi connectivity index (χ4n) is 1.37. The lowest BCUT2D eigenvalue weighted by Crippen LogP contribution is -2.04. The van der Waals surface area contributed by atoms with Crippen LogP contribution in [-0.2, 0) is 6.18 Å². The van der Waals surface area contributed by atoms with Crippen LogP contribution in [0.5, 0.6) is 0 Å². The molecule has 1 heterocycles. The zero-order chi connectivity index (χ0) is 13.2. The van der Waals surface area contributed by atoms with E-state index >= 15 is 0 Å². The molecule has 2 aromatic rings. The molecular formula is C12H6F3N3. The van der Waals surface area contributed by atoms with Crippen molar-refractivity contribution in [2.24, 2.45) is 0 Å². The van der Waals surface area contributed by atoms with Crippen molar-refractivity contribution in [3.05, 3.63) is 47.8 Å². The number of hydrogen-bond donors (Lipinski definition) is 0. The van der Waals surface area contributed by atoms with Crippen LogP contribution < -0.4 is 0 Å². The van der Waals surface area contributed by atoms with Gasteiger partial charge in [-0.1, -0.05) is 12.1 Å². The molecule has 90 valence electrons. The second kappa shape index (κ2) is 4.45. The van der Waals surface area contributed by atoms with E-state index in [4.69, 9.17) is 5.26 Å². The highest BCUT2D eigenvalue weighted by atomic mass is 19.4. The van der Waals surface area contributed by atoms with Crippen LogP contribution >= 0.6 is 0 Å². The van der Waals surface area contributed by atoms with Gasteiger partial charge >= 0.3 is 6.18 Å². The first-order valence-electron chi connectivity index (χ1n) is 4.90. The molecule has 0 saturated heterocycles. The molecular weight excluding hydrogens is 243 g/mol. The molecule has 18 heavy (non-hydrogen) atoms. The van der Waals surface area contributed by atoms with Crippen molar-refractivity contribution >= 4 is 0 Å². The van der Waals surface area contributed by atoms with Crippen molar-refractivity contribution in [1.29, 1.82) is 5.26 Å². The van der Waals surface area contributed by atoms with Crippen LogP contribution in [-0.4, -0.2) is 9.97 Å². The van der Waals surface area contributed by atoms with Gasteiger partial charge in [-0.25, -0.2) is 9.97 Å². The summed E-state index contributed by atoms with van der Waals surface area (Å²) in [6.07, 6.45) is -1.87. The number of nitrogens with zero attached hydrogens (tertiary/aromatic N) is 3. The second-order valence-electron chi connectivity index (χ2n) is 3.49. The van der Waals surface area contributed by atoms with Gasteiger partial charge < -0.3 is 0 Å². The summed E-state index contributed by atoms with van der Waals surface area (Å²) in [4.78, 5) is 7.68. The normalized spacial score (nSPS) is 11.0. The number of halogens is 3. The summed E-state index contributed by atoms with van der Waals surface area (Å²) in [5.74, 6) is 0.153. The Morgan fingerprint density at radius 1 is 1.11 bits per heavy atom. The number of benzene rings is 1. The number of aromatic nitrogens is 2. The maximum atomic E-state index is 12.5. The van der Waals surface area contributed by atoms with E-state index in [1.54, 1.807) is 0 Å². The molecule has 0 saturated carbocycles. The first-order valence-corrected chi connectivity index (χ1v) is 4.90. The van der Waals surface area contributed by atoms with E-state index in [1.807, 2.05) is 6.07 Å². The highest BCUT2D eigenvalue weighted by Crippen LogP contribution is 2.31. The summed E-state index contributed by atoms with van der Waals surface area (Å²) in [7, 11) is 0. The average Bonchev–Trinajstić information content (AvgIpc) is 2.38. The van der Waals surface area contributed by atoms with Gasteiger partial charge in [-0.05, 0) is 12.1 Å². The Hall–Kier alpha value is -2.42. The van der Waals surface area contributed by atoms with Crippen LogP contribution in [0.15, 0.2) is 36.7 Å². The molecule has 0 radical (unpaired) electrons. The third kappa shape index (κ3) is 2.46. The Balaban J connectivity index is 2.42. The monoisotopic (exact) mass is 249 g/mol. The van der Waals surface area contributed by atoms with Gasteiger partial charge in [0.05, 0.1) is 11.1 Å². The molecule has 6 heteroatoms. The van der Waals surface area contributed by atoms with Crippen LogP contribution in [0.2, 0.25) is 0 Å². The summed E-state index contributed by atoms with van der Waals surface area (Å²) in [5.41, 5.74) is -0.243. The van der Waals surface area contributed by atoms with E-state index in [0.717, 1.165) is 12.1 Å². The zero-order valence-corrected chi connectivity index (χ0v) is 8.94. The molecule has 0 amide bonds. The van der Waals surface area contributed by atoms with Gasteiger partial charge in [-0.2, -0.15) is 18.4 Å². The summed E-state index contributed by atoms with van der Waals surface area (Å²) >= 11 is 0. The van der Waals surface area contributed by atoms with Crippen molar-refractivity contribution in [2.75, 3.05) is 0 Å². The molecule has 1 aromatic carbocycles. The van der Waals surface area contributed by atoms with Gasteiger partial charge in [0.1, 0.15) is 6.07 Å². The number of rotatable bonds is 1. The average molecular weight is 249 g/mol. The van der Waals surface area contributed by atoms with Crippen molar-refractivity contribution in [3.8, 4) is 17.5 Å². The Morgan fingerprint density at radius 2 is 1.78 bits per heavy atom. The van der Waals surface area contributed by atoms with Crippen molar-refractivity contribution < 1.29 is 13.2 Å². The van der Waals surface area contributed by atoms with Gasteiger partial charge in [0.25, 0.3) is 0 Å². The molecule has 0 aliphatic rings. The number of hydrogen-bond acceptors (Lipinski definition) is 3. The van der Waals surface area contributed by atoms with Crippen LogP contribution in [0.4, 0.5) is 13.2 Å². The third-order valence-electron chi connectivity index (χ3n) is 2.23. The second-order valence-corrected chi connectivity index (χ2v) is 3.49. The largest absolute Gasteiger partial charge is 0.416 e.